The van der Waals surface area contributed by atoms with Gasteiger partial charge in [0.2, 0.25) is 19.8 Å². The van der Waals surface area contributed by atoms with Gasteiger partial charge in [0, 0.05) is 0 Å². The molecule has 0 atom stereocenters. The van der Waals surface area contributed by atoms with Crippen molar-refractivity contribution in [2.75, 3.05) is 5.75 Å². The van der Waals surface area contributed by atoms with Crippen LogP contribution in [-0.4, -0.2) is 51.9 Å². The van der Waals surface area contributed by atoms with Crippen molar-refractivity contribution in [3.8, 4) is 0 Å². The summed E-state index contributed by atoms with van der Waals surface area (Å²) in [5, 5.41) is 0. The minimum atomic E-state index is -5.86. The lowest BCUT2D eigenvalue weighted by Crippen LogP contribution is -2.64. The third-order valence-corrected chi connectivity index (χ3v) is 6.58. The van der Waals surface area contributed by atoms with Crippen LogP contribution in [0.3, 0.4) is 0 Å². The molecule has 0 radical (unpaired) electrons. The second-order valence-corrected chi connectivity index (χ2v) is 10.8. The number of nitrogens with one attached hydrogen (secondary N) is 1. The zero-order chi connectivity index (χ0) is 19.1. The SMILES string of the molecule is CCCCCCCCS(=O)(=O)NC(F)(F)C(F)(F)C(F)(F)[SiH2]O[SiH3]. The van der Waals surface area contributed by atoms with E-state index in [-0.39, 0.29) is 16.9 Å². The lowest BCUT2D eigenvalue weighted by molar-refractivity contribution is -0.286. The van der Waals surface area contributed by atoms with Crippen LogP contribution in [0.1, 0.15) is 45.4 Å². The average molecular weight is 420 g/mol. The van der Waals surface area contributed by atoms with Gasteiger partial charge in [0.1, 0.15) is 10.5 Å². The molecule has 146 valence electrons. The van der Waals surface area contributed by atoms with Crippen LogP contribution < -0.4 is 4.72 Å². The van der Waals surface area contributed by atoms with Crippen molar-refractivity contribution in [2.45, 2.75) is 63.0 Å². The molecular weight excluding hydrogens is 396 g/mol. The van der Waals surface area contributed by atoms with Gasteiger partial charge in [-0.1, -0.05) is 39.0 Å². The zero-order valence-electron chi connectivity index (χ0n) is 13.6. The number of sulfonamides is 1. The normalized spacial score (nSPS) is 14.8. The van der Waals surface area contributed by atoms with Gasteiger partial charge in [-0.2, -0.15) is 17.6 Å². The fourth-order valence-corrected chi connectivity index (χ4v) is 4.94. The Kier molecular flexibility index (Phi) is 9.50. The van der Waals surface area contributed by atoms with Crippen LogP contribution in [0, 0.1) is 0 Å². The van der Waals surface area contributed by atoms with E-state index in [1.807, 2.05) is 6.92 Å². The van der Waals surface area contributed by atoms with E-state index in [1.54, 1.807) is 0 Å². The van der Waals surface area contributed by atoms with Gasteiger partial charge < -0.3 is 4.12 Å². The highest BCUT2D eigenvalue weighted by molar-refractivity contribution is 7.89. The van der Waals surface area contributed by atoms with Gasteiger partial charge in [-0.15, -0.1) is 4.72 Å². The third-order valence-electron chi connectivity index (χ3n) is 3.23. The van der Waals surface area contributed by atoms with Crippen LogP contribution in [0.25, 0.3) is 0 Å². The van der Waals surface area contributed by atoms with E-state index < -0.39 is 43.1 Å². The van der Waals surface area contributed by atoms with Gasteiger partial charge >= 0.3 is 17.5 Å². The van der Waals surface area contributed by atoms with Gasteiger partial charge in [-0.25, -0.2) is 17.2 Å². The highest BCUT2D eigenvalue weighted by Crippen LogP contribution is 2.44. The Morgan fingerprint density at radius 2 is 1.50 bits per heavy atom. The molecule has 0 spiro atoms. The summed E-state index contributed by atoms with van der Waals surface area (Å²) >= 11 is 0. The molecule has 0 unspecified atom stereocenters. The van der Waals surface area contributed by atoms with Crippen LogP contribution in [-0.2, 0) is 14.1 Å². The standard InChI is InChI=1S/C11H23F6NO3SSi2/c1-2-3-4-5-6-7-8-22(19,20)18-10(14,15)9(12,13)11(16,17)24-21-23/h18H,2-8,24H2,1,23H3. The van der Waals surface area contributed by atoms with E-state index in [1.165, 1.54) is 0 Å². The molecule has 13 heteroatoms. The maximum atomic E-state index is 13.4. The predicted octanol–water partition coefficient (Wildman–Crippen LogP) is 1.47. The zero-order valence-corrected chi connectivity index (χ0v) is 17.8. The molecule has 0 saturated heterocycles. The molecule has 0 aliphatic heterocycles. The molecule has 0 aromatic rings. The van der Waals surface area contributed by atoms with Crippen LogP contribution in [0.15, 0.2) is 0 Å². The monoisotopic (exact) mass is 419 g/mol. The van der Waals surface area contributed by atoms with Crippen LogP contribution in [0.4, 0.5) is 26.3 Å². The van der Waals surface area contributed by atoms with Crippen LogP contribution in [0.2, 0.25) is 0 Å². The molecule has 0 rings (SSSR count). The topological polar surface area (TPSA) is 55.4 Å². The van der Waals surface area contributed by atoms with Crippen molar-refractivity contribution in [3.05, 3.63) is 0 Å². The summed E-state index contributed by atoms with van der Waals surface area (Å²) in [5.74, 6) is -6.68. The lowest BCUT2D eigenvalue weighted by Gasteiger charge is -2.32. The molecule has 24 heavy (non-hydrogen) atoms. The molecule has 4 nitrogen and oxygen atoms in total. The Balaban J connectivity index is 4.76. The molecule has 0 aliphatic carbocycles. The minimum absolute atomic E-state index is 0.0183. The number of halogens is 6. The van der Waals surface area contributed by atoms with Gasteiger partial charge in [-0.3, -0.25) is 0 Å². The Bertz CT molecular complexity index is 478. The first kappa shape index (κ1) is 23.9. The maximum Gasteiger partial charge on any atom is 0.385 e. The van der Waals surface area contributed by atoms with Crippen molar-refractivity contribution >= 4 is 30.3 Å². The average Bonchev–Trinajstić information content (AvgIpc) is 2.41. The van der Waals surface area contributed by atoms with Crippen molar-refractivity contribution in [3.63, 3.8) is 0 Å². The van der Waals surface area contributed by atoms with Crippen molar-refractivity contribution in [1.82, 2.24) is 4.72 Å². The van der Waals surface area contributed by atoms with Gasteiger partial charge in [0.15, 0.2) is 0 Å². The molecule has 0 bridgehead atoms. The summed E-state index contributed by atoms with van der Waals surface area (Å²) in [6, 6.07) is -5.59. The maximum absolute atomic E-state index is 13.4. The molecule has 0 heterocycles. The summed E-state index contributed by atoms with van der Waals surface area (Å²) in [7, 11) is -8.37. The van der Waals surface area contributed by atoms with Crippen molar-refractivity contribution in [1.29, 1.82) is 0 Å². The van der Waals surface area contributed by atoms with E-state index in [9.17, 15) is 34.8 Å². The summed E-state index contributed by atoms with van der Waals surface area (Å²) in [4.78, 5) is 0. The van der Waals surface area contributed by atoms with E-state index in [0.29, 0.717) is 17.6 Å². The largest absolute Gasteiger partial charge is 0.464 e. The Morgan fingerprint density at radius 3 is 2.00 bits per heavy atom. The molecule has 0 aliphatic rings. The molecule has 0 saturated carbocycles. The number of unbranched alkanes of at least 4 members (excludes halogenated alkanes) is 5. The van der Waals surface area contributed by atoms with Gasteiger partial charge in [0.25, 0.3) is 0 Å². The first-order valence-corrected chi connectivity index (χ1v) is 11.2. The summed E-state index contributed by atoms with van der Waals surface area (Å²) in [5.41, 5.74) is -5.07. The predicted molar refractivity (Wildman–Crippen MR) is 84.7 cm³/mol. The van der Waals surface area contributed by atoms with E-state index >= 15 is 0 Å². The number of rotatable bonds is 13. The highest BCUT2D eigenvalue weighted by atomic mass is 32.2. The first-order chi connectivity index (χ1) is 10.8. The van der Waals surface area contributed by atoms with Gasteiger partial charge in [-0.05, 0) is 6.42 Å². The van der Waals surface area contributed by atoms with Crippen molar-refractivity contribution < 1.29 is 38.9 Å². The van der Waals surface area contributed by atoms with E-state index in [4.69, 9.17) is 0 Å². The fourth-order valence-electron chi connectivity index (χ4n) is 1.88. The second-order valence-electron chi connectivity index (χ2n) is 5.47. The molecule has 0 aromatic carbocycles. The summed E-state index contributed by atoms with van der Waals surface area (Å²) < 4.78 is 107. The minimum Gasteiger partial charge on any atom is -0.464 e. The third kappa shape index (κ3) is 7.02. The number of hydrogen-bond acceptors (Lipinski definition) is 3. The van der Waals surface area contributed by atoms with E-state index in [2.05, 4.69) is 4.12 Å². The molecular formula is C11H23F6NO3SSi2. The quantitative estimate of drug-likeness (QED) is 0.213. The van der Waals surface area contributed by atoms with Gasteiger partial charge in [0.05, 0.1) is 5.75 Å². The van der Waals surface area contributed by atoms with E-state index in [0.717, 1.165) is 19.3 Å². The lowest BCUT2D eigenvalue weighted by atomic mass is 10.1. The fraction of sp³-hybridized carbons (Fsp3) is 1.00. The van der Waals surface area contributed by atoms with Crippen LogP contribution >= 0.6 is 0 Å². The molecule has 1 N–H and O–H groups in total. The summed E-state index contributed by atoms with van der Waals surface area (Å²) in [6.07, 6.45) is 3.82. The highest BCUT2D eigenvalue weighted by Gasteiger charge is 2.72. The molecule has 0 aromatic heterocycles. The molecule has 0 amide bonds. The second kappa shape index (κ2) is 9.55. The van der Waals surface area contributed by atoms with Crippen LogP contribution in [0.5, 0.6) is 0 Å². The smallest absolute Gasteiger partial charge is 0.385 e. The Hall–Kier alpha value is -0.116. The first-order valence-electron chi connectivity index (χ1n) is 7.47. The Labute approximate surface area is 143 Å². The summed E-state index contributed by atoms with van der Waals surface area (Å²) in [6.45, 7) is 1.97. The van der Waals surface area contributed by atoms with Crippen molar-refractivity contribution in [2.24, 2.45) is 0 Å². The Morgan fingerprint density at radius 1 is 1.00 bits per heavy atom. The number of alkyl halides is 6. The number of hydrogen-bond donors (Lipinski definition) is 1. The molecule has 0 fully saturated rings.